The largest absolute Gasteiger partial charge is 0.508 e. The molecule has 1 unspecified atom stereocenters. The maximum atomic E-state index is 13.4. The number of aliphatic hydroxyl groups excluding tert-OH is 1. The van der Waals surface area contributed by atoms with Gasteiger partial charge < -0.3 is 30.5 Å². The Morgan fingerprint density at radius 3 is 2.32 bits per heavy atom. The fourth-order valence-electron chi connectivity index (χ4n) is 3.30. The third-order valence-electron chi connectivity index (χ3n) is 4.94. The van der Waals surface area contributed by atoms with Crippen LogP contribution in [0.1, 0.15) is 43.5 Å². The standard InChI is InChI=1S/C25H33N3O6/c1-16-8-6-7-9-19(16)27-23(32)22(18-10-11-20(30)17(2)14-18)28(12-13-29)21(31)15-26-24(33)34-25(3,4)5/h6-11,14,22,29-30H,12-13,15H2,1-5H3,(H,26,33)(H,27,32). The van der Waals surface area contributed by atoms with Crippen molar-refractivity contribution in [2.24, 2.45) is 0 Å². The molecule has 0 aliphatic heterocycles. The number of rotatable bonds is 8. The first-order valence-electron chi connectivity index (χ1n) is 11.0. The van der Waals surface area contributed by atoms with Crippen molar-refractivity contribution >= 4 is 23.6 Å². The summed E-state index contributed by atoms with van der Waals surface area (Å²) >= 11 is 0. The average molecular weight is 472 g/mol. The average Bonchev–Trinajstić information content (AvgIpc) is 2.74. The molecule has 0 bridgehead atoms. The Labute approximate surface area is 199 Å². The van der Waals surface area contributed by atoms with Crippen molar-refractivity contribution in [3.63, 3.8) is 0 Å². The van der Waals surface area contributed by atoms with Crippen molar-refractivity contribution in [3.8, 4) is 5.75 Å². The van der Waals surface area contributed by atoms with E-state index in [1.165, 1.54) is 11.0 Å². The van der Waals surface area contributed by atoms with Crippen molar-refractivity contribution in [1.82, 2.24) is 10.2 Å². The number of para-hydroxylation sites is 1. The Balaban J connectivity index is 2.37. The number of hydrogen-bond acceptors (Lipinski definition) is 6. The Hall–Kier alpha value is -3.59. The van der Waals surface area contributed by atoms with E-state index in [0.717, 1.165) is 5.56 Å². The van der Waals surface area contributed by atoms with E-state index < -0.39 is 42.7 Å². The summed E-state index contributed by atoms with van der Waals surface area (Å²) in [7, 11) is 0. The van der Waals surface area contributed by atoms with Gasteiger partial charge in [0.25, 0.3) is 5.91 Å². The van der Waals surface area contributed by atoms with Crippen molar-refractivity contribution in [1.29, 1.82) is 0 Å². The highest BCUT2D eigenvalue weighted by Gasteiger charge is 2.32. The minimum Gasteiger partial charge on any atom is -0.508 e. The van der Waals surface area contributed by atoms with E-state index in [1.54, 1.807) is 52.0 Å². The summed E-state index contributed by atoms with van der Waals surface area (Å²) in [6.07, 6.45) is -0.772. The molecule has 0 aromatic heterocycles. The molecule has 0 aliphatic rings. The van der Waals surface area contributed by atoms with Crippen LogP contribution in [0.3, 0.4) is 0 Å². The third-order valence-corrected chi connectivity index (χ3v) is 4.94. The lowest BCUT2D eigenvalue weighted by molar-refractivity contribution is -0.138. The van der Waals surface area contributed by atoms with Crippen LogP contribution in [-0.4, -0.2) is 58.3 Å². The van der Waals surface area contributed by atoms with Gasteiger partial charge in [0, 0.05) is 12.2 Å². The van der Waals surface area contributed by atoms with Gasteiger partial charge in [0.05, 0.1) is 6.61 Å². The molecule has 4 N–H and O–H groups in total. The second-order valence-corrected chi connectivity index (χ2v) is 8.92. The Morgan fingerprint density at radius 1 is 1.06 bits per heavy atom. The quantitative estimate of drug-likeness (QED) is 0.469. The number of benzene rings is 2. The lowest BCUT2D eigenvalue weighted by Gasteiger charge is -2.31. The Kier molecular flexibility index (Phi) is 9.03. The summed E-state index contributed by atoms with van der Waals surface area (Å²) in [6.45, 7) is 7.64. The van der Waals surface area contributed by atoms with Crippen LogP contribution >= 0.6 is 0 Å². The summed E-state index contributed by atoms with van der Waals surface area (Å²) < 4.78 is 5.16. The van der Waals surface area contributed by atoms with Gasteiger partial charge in [0.15, 0.2) is 0 Å². The highest BCUT2D eigenvalue weighted by molar-refractivity contribution is 5.98. The lowest BCUT2D eigenvalue weighted by Crippen LogP contribution is -2.47. The molecule has 0 radical (unpaired) electrons. The number of alkyl carbamates (subject to hydrolysis) is 1. The zero-order valence-corrected chi connectivity index (χ0v) is 20.2. The van der Waals surface area contributed by atoms with Crippen LogP contribution in [0.5, 0.6) is 5.75 Å². The Morgan fingerprint density at radius 2 is 1.74 bits per heavy atom. The zero-order chi connectivity index (χ0) is 25.5. The van der Waals surface area contributed by atoms with Crippen LogP contribution < -0.4 is 10.6 Å². The number of carbonyl (C=O) groups is 3. The summed E-state index contributed by atoms with van der Waals surface area (Å²) in [5.41, 5.74) is 1.64. The number of phenols is 1. The van der Waals surface area contributed by atoms with E-state index in [1.807, 2.05) is 19.1 Å². The fraction of sp³-hybridized carbons (Fsp3) is 0.400. The van der Waals surface area contributed by atoms with E-state index in [4.69, 9.17) is 4.74 Å². The topological polar surface area (TPSA) is 128 Å². The van der Waals surface area contributed by atoms with Gasteiger partial charge in [-0.3, -0.25) is 9.59 Å². The van der Waals surface area contributed by atoms with Crippen LogP contribution in [0, 0.1) is 13.8 Å². The van der Waals surface area contributed by atoms with Crippen LogP contribution in [0.15, 0.2) is 42.5 Å². The second-order valence-electron chi connectivity index (χ2n) is 8.92. The Bertz CT molecular complexity index is 1030. The summed E-state index contributed by atoms with van der Waals surface area (Å²) in [4.78, 5) is 39.8. The van der Waals surface area contributed by atoms with Crippen LogP contribution in [0.25, 0.3) is 0 Å². The molecule has 2 aromatic rings. The number of aryl methyl sites for hydroxylation is 2. The second kappa shape index (κ2) is 11.5. The molecule has 0 saturated carbocycles. The maximum absolute atomic E-state index is 13.4. The molecule has 0 fully saturated rings. The molecule has 2 aromatic carbocycles. The van der Waals surface area contributed by atoms with Crippen LogP contribution in [0.2, 0.25) is 0 Å². The van der Waals surface area contributed by atoms with E-state index in [0.29, 0.717) is 16.8 Å². The molecule has 3 amide bonds. The van der Waals surface area contributed by atoms with E-state index in [9.17, 15) is 24.6 Å². The summed E-state index contributed by atoms with van der Waals surface area (Å²) in [5.74, 6) is -1.04. The molecule has 0 spiro atoms. The van der Waals surface area contributed by atoms with Crippen molar-refractivity contribution < 1.29 is 29.3 Å². The van der Waals surface area contributed by atoms with Crippen molar-refractivity contribution in [2.75, 3.05) is 25.0 Å². The molecule has 2 rings (SSSR count). The molecular formula is C25H33N3O6. The number of phenolic OH excluding ortho intramolecular Hbond substituents is 1. The monoisotopic (exact) mass is 471 g/mol. The SMILES string of the molecule is Cc1cc(C(C(=O)Nc2ccccc2C)N(CCO)C(=O)CNC(=O)OC(C)(C)C)ccc1O. The maximum Gasteiger partial charge on any atom is 0.408 e. The third kappa shape index (κ3) is 7.48. The number of amides is 3. The minimum absolute atomic E-state index is 0.0495. The van der Waals surface area contributed by atoms with Gasteiger partial charge in [-0.05, 0) is 69.5 Å². The van der Waals surface area contributed by atoms with Gasteiger partial charge >= 0.3 is 6.09 Å². The van der Waals surface area contributed by atoms with Gasteiger partial charge in [-0.1, -0.05) is 24.3 Å². The lowest BCUT2D eigenvalue weighted by atomic mass is 10.0. The number of nitrogens with one attached hydrogen (secondary N) is 2. The van der Waals surface area contributed by atoms with Crippen molar-refractivity contribution in [3.05, 3.63) is 59.2 Å². The number of aromatic hydroxyl groups is 1. The van der Waals surface area contributed by atoms with E-state index in [2.05, 4.69) is 10.6 Å². The first-order chi connectivity index (χ1) is 15.9. The van der Waals surface area contributed by atoms with Gasteiger partial charge in [0.2, 0.25) is 5.91 Å². The van der Waals surface area contributed by atoms with E-state index >= 15 is 0 Å². The number of nitrogens with zero attached hydrogens (tertiary/aromatic N) is 1. The summed E-state index contributed by atoms with van der Waals surface area (Å²) in [5, 5.41) is 24.8. The van der Waals surface area contributed by atoms with Gasteiger partial charge in [-0.15, -0.1) is 0 Å². The van der Waals surface area contributed by atoms with Gasteiger partial charge in [0.1, 0.15) is 23.9 Å². The molecule has 0 heterocycles. The molecule has 1 atom stereocenters. The predicted octanol–water partition coefficient (Wildman–Crippen LogP) is 3.03. The molecule has 9 heteroatoms. The predicted molar refractivity (Wildman–Crippen MR) is 128 cm³/mol. The number of ether oxygens (including phenoxy) is 1. The fourth-order valence-corrected chi connectivity index (χ4v) is 3.30. The van der Waals surface area contributed by atoms with Gasteiger partial charge in [-0.2, -0.15) is 0 Å². The van der Waals surface area contributed by atoms with E-state index in [-0.39, 0.29) is 12.3 Å². The first kappa shape index (κ1) is 26.7. The number of anilines is 1. The van der Waals surface area contributed by atoms with Crippen LogP contribution in [0.4, 0.5) is 10.5 Å². The number of aliphatic hydroxyl groups is 1. The molecule has 184 valence electrons. The molecule has 9 nitrogen and oxygen atoms in total. The van der Waals surface area contributed by atoms with Crippen molar-refractivity contribution in [2.45, 2.75) is 46.3 Å². The molecular weight excluding hydrogens is 438 g/mol. The highest BCUT2D eigenvalue weighted by atomic mass is 16.6. The molecule has 0 aliphatic carbocycles. The normalized spacial score (nSPS) is 11.9. The highest BCUT2D eigenvalue weighted by Crippen LogP contribution is 2.28. The zero-order valence-electron chi connectivity index (χ0n) is 20.2. The smallest absolute Gasteiger partial charge is 0.408 e. The van der Waals surface area contributed by atoms with Crippen LogP contribution in [-0.2, 0) is 14.3 Å². The summed E-state index contributed by atoms with van der Waals surface area (Å²) in [6, 6.07) is 10.7. The molecule has 34 heavy (non-hydrogen) atoms. The molecule has 0 saturated heterocycles. The number of carbonyl (C=O) groups excluding carboxylic acids is 3. The minimum atomic E-state index is -1.13. The number of hydrogen-bond donors (Lipinski definition) is 4. The first-order valence-corrected chi connectivity index (χ1v) is 11.0. The van der Waals surface area contributed by atoms with Gasteiger partial charge in [-0.25, -0.2) is 4.79 Å².